The summed E-state index contributed by atoms with van der Waals surface area (Å²) in [6, 6.07) is 17.0. The highest BCUT2D eigenvalue weighted by atomic mass is 79.9. The van der Waals surface area contributed by atoms with Crippen LogP contribution in [-0.4, -0.2) is 32.1 Å². The Kier molecular flexibility index (Phi) is 6.00. The van der Waals surface area contributed by atoms with Crippen molar-refractivity contribution in [2.75, 3.05) is 11.9 Å². The van der Waals surface area contributed by atoms with Crippen LogP contribution in [0.3, 0.4) is 0 Å². The second-order valence-corrected chi connectivity index (χ2v) is 10.1. The van der Waals surface area contributed by atoms with Crippen molar-refractivity contribution in [3.63, 3.8) is 0 Å². The van der Waals surface area contributed by atoms with Gasteiger partial charge in [0, 0.05) is 40.9 Å². The molecule has 9 heteroatoms. The van der Waals surface area contributed by atoms with Gasteiger partial charge in [0.15, 0.2) is 0 Å². The Balaban J connectivity index is 1.32. The monoisotopic (exact) mass is 559 g/mol. The van der Waals surface area contributed by atoms with E-state index in [0.717, 1.165) is 44.7 Å². The zero-order chi connectivity index (χ0) is 25.5. The minimum atomic E-state index is -0.542. The number of aromatic nitrogens is 3. The maximum atomic E-state index is 13.6. The molecule has 2 aromatic heterocycles. The highest BCUT2D eigenvalue weighted by molar-refractivity contribution is 9.10. The lowest BCUT2D eigenvalue weighted by molar-refractivity contribution is -0.115. The molecule has 4 aromatic rings. The minimum absolute atomic E-state index is 0.0318. The largest absolute Gasteiger partial charge is 0.469 e. The summed E-state index contributed by atoms with van der Waals surface area (Å²) in [5, 5.41) is 7.73. The number of rotatable bonds is 6. The van der Waals surface area contributed by atoms with E-state index in [-0.39, 0.29) is 5.91 Å². The molecule has 0 unspecified atom stereocenters. The molecule has 2 aliphatic heterocycles. The summed E-state index contributed by atoms with van der Waals surface area (Å²) in [7, 11) is 0. The highest BCUT2D eigenvalue weighted by Gasteiger charge is 2.31. The van der Waals surface area contributed by atoms with Gasteiger partial charge in [-0.25, -0.2) is 9.67 Å². The van der Waals surface area contributed by atoms with Crippen LogP contribution in [0.4, 0.5) is 10.1 Å². The number of hydrogen-bond donors (Lipinski definition) is 1. The standard InChI is InChI=1S/C28H23BrFN5O2/c1-17-15-34(11-10-18-2-8-24-20(12-18)13-26(36)32-24)28(37-17)23-16-35(22-6-4-21(29)5-7-22)33-27(23)19-3-9-25(30)31-14-19/h2-9,12,14-16,28H,10-11,13H2,1H3,(H,32,36)/t28-/m0/s1. The number of amides is 1. The molecule has 0 saturated heterocycles. The first-order chi connectivity index (χ1) is 17.9. The molecule has 1 atom stereocenters. The number of carbonyl (C=O) groups is 1. The Morgan fingerprint density at radius 1 is 1.16 bits per heavy atom. The fraction of sp³-hybridized carbons (Fsp3) is 0.179. The van der Waals surface area contributed by atoms with E-state index >= 15 is 0 Å². The third-order valence-corrected chi connectivity index (χ3v) is 7.03. The third-order valence-electron chi connectivity index (χ3n) is 6.50. The second kappa shape index (κ2) is 9.48. The van der Waals surface area contributed by atoms with Gasteiger partial charge in [-0.05, 0) is 66.9 Å². The number of carbonyl (C=O) groups excluding carboxylic acids is 1. The Labute approximate surface area is 221 Å². The predicted octanol–water partition coefficient (Wildman–Crippen LogP) is 5.77. The molecule has 7 nitrogen and oxygen atoms in total. The van der Waals surface area contributed by atoms with Crippen LogP contribution in [0.15, 0.2) is 83.4 Å². The summed E-state index contributed by atoms with van der Waals surface area (Å²) in [6.45, 7) is 2.63. The number of nitrogens with one attached hydrogen (secondary N) is 1. The van der Waals surface area contributed by atoms with Crippen LogP contribution in [0.1, 0.15) is 29.8 Å². The first kappa shape index (κ1) is 23.4. The number of ether oxygens (including phenoxy) is 1. The molecule has 6 rings (SSSR count). The summed E-state index contributed by atoms with van der Waals surface area (Å²) in [5.74, 6) is 0.290. The summed E-state index contributed by atoms with van der Waals surface area (Å²) in [4.78, 5) is 17.7. The SMILES string of the molecule is CC1=CN(CCc2ccc3c(c2)CC(=O)N3)[C@H](c2cn(-c3ccc(Br)cc3)nc2-c2ccc(F)nc2)O1. The fourth-order valence-electron chi connectivity index (χ4n) is 4.73. The van der Waals surface area contributed by atoms with Gasteiger partial charge in [-0.15, -0.1) is 0 Å². The highest BCUT2D eigenvalue weighted by Crippen LogP contribution is 2.37. The molecule has 186 valence electrons. The molecule has 0 spiro atoms. The summed E-state index contributed by atoms with van der Waals surface area (Å²) in [5.41, 5.74) is 6.21. The summed E-state index contributed by atoms with van der Waals surface area (Å²) >= 11 is 3.48. The fourth-order valence-corrected chi connectivity index (χ4v) is 4.99. The number of nitrogens with zero attached hydrogens (tertiary/aromatic N) is 4. The molecule has 0 saturated carbocycles. The van der Waals surface area contributed by atoms with E-state index < -0.39 is 12.2 Å². The molecular weight excluding hydrogens is 537 g/mol. The number of fused-ring (bicyclic) bond motifs is 1. The number of allylic oxidation sites excluding steroid dienone is 1. The first-order valence-corrected chi connectivity index (χ1v) is 12.7. The first-order valence-electron chi connectivity index (χ1n) is 11.9. The van der Waals surface area contributed by atoms with Gasteiger partial charge in [-0.2, -0.15) is 9.49 Å². The molecular formula is C28H23BrFN5O2. The van der Waals surface area contributed by atoms with E-state index in [2.05, 4.69) is 37.2 Å². The molecule has 0 aliphatic carbocycles. The third kappa shape index (κ3) is 4.74. The summed E-state index contributed by atoms with van der Waals surface area (Å²) in [6.07, 6.45) is 6.25. The second-order valence-electron chi connectivity index (χ2n) is 9.14. The van der Waals surface area contributed by atoms with Crippen molar-refractivity contribution in [3.05, 3.63) is 106 Å². The lowest BCUT2D eigenvalue weighted by atomic mass is 10.1. The normalized spacial score (nSPS) is 16.4. The van der Waals surface area contributed by atoms with Gasteiger partial charge in [0.05, 0.1) is 17.7 Å². The van der Waals surface area contributed by atoms with Crippen molar-refractivity contribution < 1.29 is 13.9 Å². The van der Waals surface area contributed by atoms with Gasteiger partial charge in [-0.1, -0.05) is 28.1 Å². The lowest BCUT2D eigenvalue weighted by Crippen LogP contribution is -2.23. The van der Waals surface area contributed by atoms with E-state index in [1.807, 2.05) is 55.7 Å². The van der Waals surface area contributed by atoms with Gasteiger partial charge in [-0.3, -0.25) is 4.79 Å². The van der Waals surface area contributed by atoms with E-state index in [4.69, 9.17) is 9.84 Å². The molecule has 0 fully saturated rings. The van der Waals surface area contributed by atoms with Gasteiger partial charge in [0.1, 0.15) is 11.5 Å². The number of halogens is 2. The number of benzene rings is 2. The number of pyridine rings is 1. The van der Waals surface area contributed by atoms with Gasteiger partial charge < -0.3 is 15.0 Å². The van der Waals surface area contributed by atoms with Gasteiger partial charge in [0.25, 0.3) is 0 Å². The lowest BCUT2D eigenvalue weighted by Gasteiger charge is -2.24. The zero-order valence-electron chi connectivity index (χ0n) is 20.0. The van der Waals surface area contributed by atoms with Crippen LogP contribution < -0.4 is 5.32 Å². The molecule has 2 aliphatic rings. The smallest absolute Gasteiger partial charge is 0.228 e. The van der Waals surface area contributed by atoms with Crippen molar-refractivity contribution in [1.82, 2.24) is 19.7 Å². The van der Waals surface area contributed by atoms with Crippen molar-refractivity contribution in [2.24, 2.45) is 0 Å². The molecule has 2 aromatic carbocycles. The quantitative estimate of drug-likeness (QED) is 0.304. The van der Waals surface area contributed by atoms with Crippen molar-refractivity contribution >= 4 is 27.5 Å². The van der Waals surface area contributed by atoms with Gasteiger partial charge in [0.2, 0.25) is 18.1 Å². The Morgan fingerprint density at radius 3 is 2.78 bits per heavy atom. The number of hydrogen-bond acceptors (Lipinski definition) is 5. The molecule has 0 radical (unpaired) electrons. The van der Waals surface area contributed by atoms with E-state index in [1.54, 1.807) is 10.7 Å². The Hall–Kier alpha value is -3.98. The van der Waals surface area contributed by atoms with Crippen LogP contribution in [0.2, 0.25) is 0 Å². The Morgan fingerprint density at radius 2 is 2.00 bits per heavy atom. The average molecular weight is 560 g/mol. The van der Waals surface area contributed by atoms with E-state index in [9.17, 15) is 9.18 Å². The maximum absolute atomic E-state index is 13.6. The number of anilines is 1. The van der Waals surface area contributed by atoms with Crippen LogP contribution >= 0.6 is 15.9 Å². The van der Waals surface area contributed by atoms with Crippen LogP contribution in [-0.2, 0) is 22.4 Å². The van der Waals surface area contributed by atoms with Crippen molar-refractivity contribution in [2.45, 2.75) is 26.0 Å². The molecule has 4 heterocycles. The van der Waals surface area contributed by atoms with E-state index in [1.165, 1.54) is 12.3 Å². The summed E-state index contributed by atoms with van der Waals surface area (Å²) < 4.78 is 22.6. The van der Waals surface area contributed by atoms with Crippen LogP contribution in [0.25, 0.3) is 16.9 Å². The molecule has 1 N–H and O–H groups in total. The maximum Gasteiger partial charge on any atom is 0.228 e. The molecule has 1 amide bonds. The van der Waals surface area contributed by atoms with Gasteiger partial charge >= 0.3 is 0 Å². The molecule has 0 bridgehead atoms. The predicted molar refractivity (Wildman–Crippen MR) is 141 cm³/mol. The zero-order valence-corrected chi connectivity index (χ0v) is 21.6. The Bertz CT molecular complexity index is 1510. The average Bonchev–Trinajstić information content (AvgIpc) is 3.59. The minimum Gasteiger partial charge on any atom is -0.469 e. The van der Waals surface area contributed by atoms with Crippen molar-refractivity contribution in [3.8, 4) is 16.9 Å². The topological polar surface area (TPSA) is 72.3 Å². The van der Waals surface area contributed by atoms with Crippen molar-refractivity contribution in [1.29, 1.82) is 0 Å². The molecule has 37 heavy (non-hydrogen) atoms. The van der Waals surface area contributed by atoms with E-state index in [0.29, 0.717) is 24.2 Å². The van der Waals surface area contributed by atoms with Crippen LogP contribution in [0, 0.1) is 5.95 Å². The van der Waals surface area contributed by atoms with Crippen LogP contribution in [0.5, 0.6) is 0 Å².